The molecule has 0 aliphatic heterocycles. The number of halogens is 2. The lowest BCUT2D eigenvalue weighted by Crippen LogP contribution is -1.86. The summed E-state index contributed by atoms with van der Waals surface area (Å²) < 4.78 is 0. The van der Waals surface area contributed by atoms with Gasteiger partial charge in [0.1, 0.15) is 0 Å². The Bertz CT molecular complexity index is 747. The van der Waals surface area contributed by atoms with E-state index in [1.54, 1.807) is 0 Å². The Morgan fingerprint density at radius 1 is 0.542 bits per heavy atom. The average Bonchev–Trinajstić information content (AvgIpc) is 2.61. The van der Waals surface area contributed by atoms with E-state index in [9.17, 15) is 0 Å². The predicted octanol–water partition coefficient (Wildman–Crippen LogP) is 7.97. The van der Waals surface area contributed by atoms with Gasteiger partial charge in [0.25, 0.3) is 0 Å². The molecule has 0 spiro atoms. The molecule has 0 aromatic heterocycles. The van der Waals surface area contributed by atoms with Crippen molar-refractivity contribution in [2.75, 3.05) is 0 Å². The van der Waals surface area contributed by atoms with E-state index in [2.05, 4.69) is 38.1 Å². The van der Waals surface area contributed by atoms with Crippen LogP contribution in [0, 0.1) is 13.8 Å². The highest BCUT2D eigenvalue weighted by atomic mass is 35.5. The van der Waals surface area contributed by atoms with E-state index in [4.69, 9.17) is 23.2 Å². The van der Waals surface area contributed by atoms with Crippen LogP contribution in [-0.2, 0) is 0 Å². The standard InChI is InChI=1S/C20H16Cl2.C2H6/c1-13-3-9-17(21)11-19(13)15-5-7-16(8-6-15)20-12-18(22)10-4-14(20)2;1-2/h3-12H,1-2H3;1-2H3. The molecule has 0 saturated carbocycles. The van der Waals surface area contributed by atoms with Gasteiger partial charge in [-0.1, -0.05) is 73.4 Å². The SMILES string of the molecule is CC.Cc1ccc(Cl)cc1-c1ccc(-c2cc(Cl)ccc2C)cc1. The minimum Gasteiger partial charge on any atom is -0.0843 e. The average molecular weight is 357 g/mol. The van der Waals surface area contributed by atoms with Crippen molar-refractivity contribution >= 4 is 23.2 Å². The van der Waals surface area contributed by atoms with Gasteiger partial charge in [0.05, 0.1) is 0 Å². The van der Waals surface area contributed by atoms with E-state index in [0.29, 0.717) is 0 Å². The first kappa shape index (κ1) is 18.6. The zero-order valence-electron chi connectivity index (χ0n) is 14.5. The van der Waals surface area contributed by atoms with Crippen molar-refractivity contribution in [3.8, 4) is 22.3 Å². The molecule has 3 rings (SSSR count). The molecule has 0 bridgehead atoms. The fourth-order valence-corrected chi connectivity index (χ4v) is 2.98. The zero-order valence-corrected chi connectivity index (χ0v) is 16.0. The molecule has 0 amide bonds. The van der Waals surface area contributed by atoms with Gasteiger partial charge in [-0.25, -0.2) is 0 Å². The topological polar surface area (TPSA) is 0 Å². The maximum absolute atomic E-state index is 6.12. The second-order valence-corrected chi connectivity index (χ2v) is 6.37. The second kappa shape index (κ2) is 8.37. The molecule has 0 N–H and O–H groups in total. The van der Waals surface area contributed by atoms with Gasteiger partial charge in [-0.3, -0.25) is 0 Å². The Labute approximate surface area is 155 Å². The van der Waals surface area contributed by atoms with Crippen LogP contribution in [0.25, 0.3) is 22.3 Å². The van der Waals surface area contributed by atoms with Crippen LogP contribution in [0.4, 0.5) is 0 Å². The third-order valence-corrected chi connectivity index (χ3v) is 4.38. The normalized spacial score (nSPS) is 10.1. The molecule has 0 heterocycles. The van der Waals surface area contributed by atoms with Crippen molar-refractivity contribution in [1.82, 2.24) is 0 Å². The Morgan fingerprint density at radius 2 is 0.875 bits per heavy atom. The van der Waals surface area contributed by atoms with Crippen molar-refractivity contribution in [3.05, 3.63) is 81.8 Å². The van der Waals surface area contributed by atoms with Crippen molar-refractivity contribution < 1.29 is 0 Å². The lowest BCUT2D eigenvalue weighted by molar-refractivity contribution is 1.44. The molecular weight excluding hydrogens is 335 g/mol. The third-order valence-electron chi connectivity index (χ3n) is 3.91. The van der Waals surface area contributed by atoms with E-state index in [1.165, 1.54) is 33.4 Å². The fraction of sp³-hybridized carbons (Fsp3) is 0.182. The molecule has 0 aliphatic rings. The molecule has 0 aliphatic carbocycles. The maximum atomic E-state index is 6.12. The summed E-state index contributed by atoms with van der Waals surface area (Å²) in [5.74, 6) is 0. The first-order valence-corrected chi connectivity index (χ1v) is 8.93. The Balaban J connectivity index is 0.00000100. The minimum atomic E-state index is 0.760. The summed E-state index contributed by atoms with van der Waals surface area (Å²) in [6.07, 6.45) is 0. The van der Waals surface area contributed by atoms with Crippen molar-refractivity contribution in [2.24, 2.45) is 0 Å². The van der Waals surface area contributed by atoms with Gasteiger partial charge in [0.15, 0.2) is 0 Å². The van der Waals surface area contributed by atoms with Gasteiger partial charge in [-0.15, -0.1) is 0 Å². The Hall–Kier alpha value is -1.76. The van der Waals surface area contributed by atoms with Gasteiger partial charge < -0.3 is 0 Å². The van der Waals surface area contributed by atoms with Gasteiger partial charge >= 0.3 is 0 Å². The second-order valence-electron chi connectivity index (χ2n) is 5.50. The summed E-state index contributed by atoms with van der Waals surface area (Å²) in [5, 5.41) is 1.52. The van der Waals surface area contributed by atoms with E-state index in [0.717, 1.165) is 10.0 Å². The van der Waals surface area contributed by atoms with Crippen LogP contribution >= 0.6 is 23.2 Å². The maximum Gasteiger partial charge on any atom is 0.0412 e. The highest BCUT2D eigenvalue weighted by Crippen LogP contribution is 2.31. The first-order valence-electron chi connectivity index (χ1n) is 8.18. The first-order chi connectivity index (χ1) is 11.5. The molecule has 3 aromatic carbocycles. The van der Waals surface area contributed by atoms with Crippen LogP contribution in [0.15, 0.2) is 60.7 Å². The monoisotopic (exact) mass is 356 g/mol. The quantitative estimate of drug-likeness (QED) is 0.436. The molecule has 0 fully saturated rings. The highest BCUT2D eigenvalue weighted by molar-refractivity contribution is 6.31. The molecule has 124 valence electrons. The molecule has 0 saturated heterocycles. The zero-order chi connectivity index (χ0) is 17.7. The van der Waals surface area contributed by atoms with Crippen molar-refractivity contribution in [3.63, 3.8) is 0 Å². The van der Waals surface area contributed by atoms with Crippen LogP contribution in [-0.4, -0.2) is 0 Å². The van der Waals surface area contributed by atoms with E-state index < -0.39 is 0 Å². The summed E-state index contributed by atoms with van der Waals surface area (Å²) in [5.41, 5.74) is 7.11. The minimum absolute atomic E-state index is 0.760. The predicted molar refractivity (Wildman–Crippen MR) is 108 cm³/mol. The molecule has 0 nitrogen and oxygen atoms in total. The highest BCUT2D eigenvalue weighted by Gasteiger charge is 2.06. The number of aryl methyl sites for hydroxylation is 2. The van der Waals surface area contributed by atoms with E-state index in [1.807, 2.05) is 50.2 Å². The van der Waals surface area contributed by atoms with E-state index in [-0.39, 0.29) is 0 Å². The van der Waals surface area contributed by atoms with Crippen molar-refractivity contribution in [1.29, 1.82) is 0 Å². The smallest absolute Gasteiger partial charge is 0.0412 e. The molecule has 24 heavy (non-hydrogen) atoms. The lowest BCUT2D eigenvalue weighted by Gasteiger charge is -2.10. The van der Waals surface area contributed by atoms with Gasteiger partial charge in [0, 0.05) is 10.0 Å². The lowest BCUT2D eigenvalue weighted by atomic mass is 9.96. The summed E-state index contributed by atoms with van der Waals surface area (Å²) in [6.45, 7) is 8.20. The number of hydrogen-bond donors (Lipinski definition) is 0. The largest absolute Gasteiger partial charge is 0.0843 e. The van der Waals surface area contributed by atoms with Crippen molar-refractivity contribution in [2.45, 2.75) is 27.7 Å². The summed E-state index contributed by atoms with van der Waals surface area (Å²) >= 11 is 12.2. The molecule has 3 aromatic rings. The summed E-state index contributed by atoms with van der Waals surface area (Å²) in [7, 11) is 0. The van der Waals surface area contributed by atoms with Gasteiger partial charge in [-0.05, 0) is 71.5 Å². The molecule has 2 heteroatoms. The third kappa shape index (κ3) is 4.20. The van der Waals surface area contributed by atoms with Crippen LogP contribution in [0.2, 0.25) is 10.0 Å². The summed E-state index contributed by atoms with van der Waals surface area (Å²) in [6, 6.07) is 20.5. The number of benzene rings is 3. The number of rotatable bonds is 2. The summed E-state index contributed by atoms with van der Waals surface area (Å²) in [4.78, 5) is 0. The van der Waals surface area contributed by atoms with Gasteiger partial charge in [0.2, 0.25) is 0 Å². The molecule has 0 unspecified atom stereocenters. The van der Waals surface area contributed by atoms with E-state index >= 15 is 0 Å². The Morgan fingerprint density at radius 3 is 1.21 bits per heavy atom. The Kier molecular flexibility index (Phi) is 6.48. The fourth-order valence-electron chi connectivity index (χ4n) is 2.64. The van der Waals surface area contributed by atoms with Crippen LogP contribution in [0.3, 0.4) is 0 Å². The molecule has 0 radical (unpaired) electrons. The molecular formula is C22H22Cl2. The van der Waals surface area contributed by atoms with Crippen LogP contribution in [0.5, 0.6) is 0 Å². The van der Waals surface area contributed by atoms with Gasteiger partial charge in [-0.2, -0.15) is 0 Å². The van der Waals surface area contributed by atoms with Crippen LogP contribution < -0.4 is 0 Å². The van der Waals surface area contributed by atoms with Crippen LogP contribution in [0.1, 0.15) is 25.0 Å². The molecule has 0 atom stereocenters. The number of hydrogen-bond acceptors (Lipinski definition) is 0.